The van der Waals surface area contributed by atoms with E-state index >= 15 is 0 Å². The van der Waals surface area contributed by atoms with Crippen molar-refractivity contribution in [3.63, 3.8) is 0 Å². The zero-order valence-corrected chi connectivity index (χ0v) is 11.6. The Bertz CT molecular complexity index is 484. The first-order valence-corrected chi connectivity index (χ1v) is 7.68. The Morgan fingerprint density at radius 2 is 2.00 bits per heavy atom. The van der Waals surface area contributed by atoms with E-state index in [2.05, 4.69) is 5.10 Å². The minimum Gasteiger partial charge on any atom is -0.326 e. The Balaban J connectivity index is 1.72. The maximum Gasteiger partial charge on any atom is 0.345 e. The van der Waals surface area contributed by atoms with E-state index in [1.807, 2.05) is 4.57 Å². The van der Waals surface area contributed by atoms with Gasteiger partial charge >= 0.3 is 5.69 Å². The summed E-state index contributed by atoms with van der Waals surface area (Å²) in [6.07, 6.45) is 9.49. The molecule has 2 N–H and O–H groups in total. The van der Waals surface area contributed by atoms with E-state index < -0.39 is 0 Å². The summed E-state index contributed by atoms with van der Waals surface area (Å²) in [7, 11) is 0. The summed E-state index contributed by atoms with van der Waals surface area (Å²) in [6.45, 7) is 1.41. The topological polar surface area (TPSA) is 65.8 Å². The van der Waals surface area contributed by atoms with Gasteiger partial charge in [-0.25, -0.2) is 9.48 Å². The molecule has 0 radical (unpaired) electrons. The van der Waals surface area contributed by atoms with Crippen molar-refractivity contribution in [2.24, 2.45) is 11.7 Å². The summed E-state index contributed by atoms with van der Waals surface area (Å²) < 4.78 is 3.44. The van der Waals surface area contributed by atoms with Crippen LogP contribution in [-0.2, 0) is 19.5 Å². The van der Waals surface area contributed by atoms with Gasteiger partial charge in [0.25, 0.3) is 0 Å². The molecule has 1 aromatic heterocycles. The number of hydrogen-bond donors (Lipinski definition) is 1. The SMILES string of the molecule is NC(Cn1nc2n(c1=O)CCCC2)C1CCCCC1. The predicted molar refractivity (Wildman–Crippen MR) is 74.0 cm³/mol. The summed E-state index contributed by atoms with van der Waals surface area (Å²) in [5, 5.41) is 4.47. The van der Waals surface area contributed by atoms with Gasteiger partial charge in [0.1, 0.15) is 5.82 Å². The van der Waals surface area contributed by atoms with Gasteiger partial charge in [0, 0.05) is 19.0 Å². The molecule has 1 atom stereocenters. The predicted octanol–water partition coefficient (Wildman–Crippen LogP) is 1.29. The molecule has 3 rings (SSSR count). The van der Waals surface area contributed by atoms with Crippen molar-refractivity contribution in [1.29, 1.82) is 0 Å². The summed E-state index contributed by atoms with van der Waals surface area (Å²) in [4.78, 5) is 12.2. The van der Waals surface area contributed by atoms with Crippen molar-refractivity contribution in [1.82, 2.24) is 14.3 Å². The Morgan fingerprint density at radius 3 is 2.74 bits per heavy atom. The van der Waals surface area contributed by atoms with Gasteiger partial charge in [0.15, 0.2) is 0 Å². The van der Waals surface area contributed by atoms with E-state index in [-0.39, 0.29) is 11.7 Å². The fourth-order valence-corrected chi connectivity index (χ4v) is 3.48. The van der Waals surface area contributed by atoms with Gasteiger partial charge in [-0.05, 0) is 31.6 Å². The van der Waals surface area contributed by atoms with Crippen molar-refractivity contribution in [2.75, 3.05) is 0 Å². The maximum absolute atomic E-state index is 12.2. The third-order valence-electron chi connectivity index (χ3n) is 4.67. The quantitative estimate of drug-likeness (QED) is 0.894. The van der Waals surface area contributed by atoms with Crippen LogP contribution in [0.25, 0.3) is 0 Å². The van der Waals surface area contributed by atoms with Crippen LogP contribution in [-0.4, -0.2) is 20.4 Å². The van der Waals surface area contributed by atoms with Gasteiger partial charge in [-0.3, -0.25) is 4.57 Å². The Morgan fingerprint density at radius 1 is 1.21 bits per heavy atom. The van der Waals surface area contributed by atoms with Crippen LogP contribution in [0.15, 0.2) is 4.79 Å². The van der Waals surface area contributed by atoms with E-state index in [9.17, 15) is 4.79 Å². The Labute approximate surface area is 113 Å². The highest BCUT2D eigenvalue weighted by Crippen LogP contribution is 2.26. The van der Waals surface area contributed by atoms with E-state index in [1.165, 1.54) is 32.1 Å². The van der Waals surface area contributed by atoms with Crippen LogP contribution >= 0.6 is 0 Å². The molecule has 106 valence electrons. The first kappa shape index (κ1) is 12.9. The Hall–Kier alpha value is -1.10. The number of nitrogens with zero attached hydrogens (tertiary/aromatic N) is 3. The second kappa shape index (κ2) is 5.49. The van der Waals surface area contributed by atoms with Crippen LogP contribution in [0.5, 0.6) is 0 Å². The van der Waals surface area contributed by atoms with Crippen LogP contribution < -0.4 is 11.4 Å². The van der Waals surface area contributed by atoms with Crippen LogP contribution in [0.2, 0.25) is 0 Å². The molecule has 2 heterocycles. The maximum atomic E-state index is 12.2. The fraction of sp³-hybridized carbons (Fsp3) is 0.857. The molecule has 2 aliphatic rings. The number of aryl methyl sites for hydroxylation is 1. The monoisotopic (exact) mass is 264 g/mol. The fourth-order valence-electron chi connectivity index (χ4n) is 3.48. The van der Waals surface area contributed by atoms with Crippen LogP contribution in [0.3, 0.4) is 0 Å². The second-order valence-electron chi connectivity index (χ2n) is 6.05. The molecule has 1 saturated carbocycles. The lowest BCUT2D eigenvalue weighted by Crippen LogP contribution is -2.39. The van der Waals surface area contributed by atoms with Crippen LogP contribution in [0.4, 0.5) is 0 Å². The lowest BCUT2D eigenvalue weighted by atomic mass is 9.84. The molecule has 1 aromatic rings. The molecule has 0 aromatic carbocycles. The van der Waals surface area contributed by atoms with Crippen molar-refractivity contribution >= 4 is 0 Å². The van der Waals surface area contributed by atoms with E-state index in [0.717, 1.165) is 31.6 Å². The molecular formula is C14H24N4O. The van der Waals surface area contributed by atoms with Crippen molar-refractivity contribution < 1.29 is 0 Å². The number of hydrogen-bond acceptors (Lipinski definition) is 3. The molecule has 0 saturated heterocycles. The third kappa shape index (κ3) is 2.61. The van der Waals surface area contributed by atoms with Crippen LogP contribution in [0, 0.1) is 5.92 Å². The van der Waals surface area contributed by atoms with Crippen molar-refractivity contribution in [2.45, 2.75) is 70.5 Å². The number of nitrogens with two attached hydrogens (primary N) is 1. The summed E-state index contributed by atoms with van der Waals surface area (Å²) >= 11 is 0. The molecule has 5 heteroatoms. The second-order valence-corrected chi connectivity index (χ2v) is 6.05. The smallest absolute Gasteiger partial charge is 0.326 e. The van der Waals surface area contributed by atoms with Crippen molar-refractivity contribution in [3.05, 3.63) is 16.3 Å². The number of fused-ring (bicyclic) bond motifs is 1. The minimum atomic E-state index is 0.0426. The van der Waals surface area contributed by atoms with Crippen LogP contribution in [0.1, 0.15) is 50.8 Å². The van der Waals surface area contributed by atoms with E-state index in [0.29, 0.717) is 12.5 Å². The van der Waals surface area contributed by atoms with Gasteiger partial charge in [-0.1, -0.05) is 19.3 Å². The standard InChI is InChI=1S/C14H24N4O/c15-12(11-6-2-1-3-7-11)10-18-14(19)17-9-5-4-8-13(17)16-18/h11-12H,1-10,15H2. The Kier molecular flexibility index (Phi) is 3.73. The highest BCUT2D eigenvalue weighted by molar-refractivity contribution is 4.92. The molecule has 0 spiro atoms. The molecule has 0 amide bonds. The highest BCUT2D eigenvalue weighted by Gasteiger charge is 2.23. The average molecular weight is 264 g/mol. The largest absolute Gasteiger partial charge is 0.345 e. The molecule has 1 aliphatic carbocycles. The van der Waals surface area contributed by atoms with Crippen molar-refractivity contribution in [3.8, 4) is 0 Å². The molecule has 0 bridgehead atoms. The zero-order chi connectivity index (χ0) is 13.2. The first-order chi connectivity index (χ1) is 9.25. The van der Waals surface area contributed by atoms with Gasteiger partial charge < -0.3 is 5.73 Å². The lowest BCUT2D eigenvalue weighted by Gasteiger charge is -2.27. The van der Waals surface area contributed by atoms with Gasteiger partial charge in [0.05, 0.1) is 6.54 Å². The molecular weight excluding hydrogens is 240 g/mol. The summed E-state index contributed by atoms with van der Waals surface area (Å²) in [5.74, 6) is 1.52. The number of aromatic nitrogens is 3. The molecule has 1 unspecified atom stereocenters. The molecule has 5 nitrogen and oxygen atoms in total. The minimum absolute atomic E-state index is 0.0426. The highest BCUT2D eigenvalue weighted by atomic mass is 16.2. The molecule has 19 heavy (non-hydrogen) atoms. The lowest BCUT2D eigenvalue weighted by molar-refractivity contribution is 0.277. The zero-order valence-electron chi connectivity index (χ0n) is 11.6. The average Bonchev–Trinajstić information content (AvgIpc) is 2.77. The summed E-state index contributed by atoms with van der Waals surface area (Å²) in [5.41, 5.74) is 6.34. The first-order valence-electron chi connectivity index (χ1n) is 7.68. The van der Waals surface area contributed by atoms with E-state index in [4.69, 9.17) is 5.73 Å². The normalized spacial score (nSPS) is 22.2. The molecule has 1 fully saturated rings. The van der Waals surface area contributed by atoms with E-state index in [1.54, 1.807) is 4.68 Å². The summed E-state index contributed by atoms with van der Waals surface area (Å²) in [6, 6.07) is 0.0787. The van der Waals surface area contributed by atoms with Gasteiger partial charge in [-0.15, -0.1) is 0 Å². The van der Waals surface area contributed by atoms with Gasteiger partial charge in [-0.2, -0.15) is 5.10 Å². The third-order valence-corrected chi connectivity index (χ3v) is 4.67. The number of rotatable bonds is 3. The molecule has 1 aliphatic heterocycles. The van der Waals surface area contributed by atoms with Gasteiger partial charge in [0.2, 0.25) is 0 Å².